The first-order chi connectivity index (χ1) is 9.60. The highest BCUT2D eigenvalue weighted by Gasteiger charge is 2.35. The second-order valence-corrected chi connectivity index (χ2v) is 5.61. The summed E-state index contributed by atoms with van der Waals surface area (Å²) in [5.74, 6) is 0.103. The second-order valence-electron chi connectivity index (χ2n) is 5.61. The molecule has 20 heavy (non-hydrogen) atoms. The van der Waals surface area contributed by atoms with Gasteiger partial charge in [0.2, 0.25) is 0 Å². The van der Waals surface area contributed by atoms with Crippen molar-refractivity contribution in [1.82, 2.24) is 5.32 Å². The minimum atomic E-state index is -0.538. The predicted octanol–water partition coefficient (Wildman–Crippen LogP) is 3.06. The maximum Gasteiger partial charge on any atom is 0.407 e. The van der Waals surface area contributed by atoms with Crippen LogP contribution in [-0.2, 0) is 16.1 Å². The van der Waals surface area contributed by atoms with Crippen molar-refractivity contribution in [2.75, 3.05) is 6.54 Å². The van der Waals surface area contributed by atoms with E-state index in [1.807, 2.05) is 37.3 Å². The van der Waals surface area contributed by atoms with Gasteiger partial charge >= 0.3 is 6.09 Å². The van der Waals surface area contributed by atoms with Gasteiger partial charge in [-0.3, -0.25) is 4.79 Å². The lowest BCUT2D eigenvalue weighted by atomic mass is 9.84. The number of ketones is 1. The Morgan fingerprint density at radius 2 is 1.85 bits per heavy atom. The van der Waals surface area contributed by atoms with Crippen molar-refractivity contribution in [2.24, 2.45) is 5.41 Å². The maximum atomic E-state index is 12.1. The largest absolute Gasteiger partial charge is 0.445 e. The Kier molecular flexibility index (Phi) is 4.77. The highest BCUT2D eigenvalue weighted by atomic mass is 16.5. The van der Waals surface area contributed by atoms with Crippen LogP contribution in [0.5, 0.6) is 0 Å². The zero-order valence-corrected chi connectivity index (χ0v) is 11.9. The summed E-state index contributed by atoms with van der Waals surface area (Å²) >= 11 is 0. The Morgan fingerprint density at radius 1 is 1.20 bits per heavy atom. The first-order valence-corrected chi connectivity index (χ1v) is 7.08. The molecule has 108 valence electrons. The molecule has 1 saturated carbocycles. The van der Waals surface area contributed by atoms with Crippen LogP contribution in [0.3, 0.4) is 0 Å². The van der Waals surface area contributed by atoms with Crippen LogP contribution in [0.2, 0.25) is 0 Å². The number of hydrogen-bond acceptors (Lipinski definition) is 3. The number of carbonyl (C=O) groups is 2. The average molecular weight is 275 g/mol. The SMILES string of the molecule is CC1(C(=O)CNC(=O)OCc2ccccc2)CCCC1. The first-order valence-electron chi connectivity index (χ1n) is 7.08. The summed E-state index contributed by atoms with van der Waals surface area (Å²) in [6, 6.07) is 9.46. The van der Waals surface area contributed by atoms with Gasteiger partial charge in [-0.05, 0) is 18.4 Å². The van der Waals surface area contributed by atoms with Crippen LogP contribution in [0, 0.1) is 5.41 Å². The molecule has 1 fully saturated rings. The van der Waals surface area contributed by atoms with E-state index in [0.29, 0.717) is 0 Å². The molecule has 2 rings (SSSR count). The number of hydrogen-bond donors (Lipinski definition) is 1. The first kappa shape index (κ1) is 14.6. The molecule has 0 heterocycles. The highest BCUT2D eigenvalue weighted by Crippen LogP contribution is 2.37. The maximum absolute atomic E-state index is 12.1. The van der Waals surface area contributed by atoms with Gasteiger partial charge in [-0.2, -0.15) is 0 Å². The quantitative estimate of drug-likeness (QED) is 0.898. The van der Waals surface area contributed by atoms with Crippen LogP contribution in [0.4, 0.5) is 4.79 Å². The Morgan fingerprint density at radius 3 is 2.50 bits per heavy atom. The fourth-order valence-corrected chi connectivity index (χ4v) is 2.57. The van der Waals surface area contributed by atoms with Crippen molar-refractivity contribution in [3.63, 3.8) is 0 Å². The van der Waals surface area contributed by atoms with Crippen molar-refractivity contribution >= 4 is 11.9 Å². The highest BCUT2D eigenvalue weighted by molar-refractivity contribution is 5.88. The molecule has 0 bridgehead atoms. The van der Waals surface area contributed by atoms with Gasteiger partial charge in [0.25, 0.3) is 0 Å². The molecule has 0 radical (unpaired) electrons. The van der Waals surface area contributed by atoms with Crippen molar-refractivity contribution in [3.8, 4) is 0 Å². The minimum absolute atomic E-state index is 0.0596. The summed E-state index contributed by atoms with van der Waals surface area (Å²) in [6.45, 7) is 2.27. The third-order valence-electron chi connectivity index (χ3n) is 3.99. The molecule has 1 aromatic carbocycles. The van der Waals surface area contributed by atoms with E-state index in [2.05, 4.69) is 5.32 Å². The molecule has 4 nitrogen and oxygen atoms in total. The third kappa shape index (κ3) is 3.83. The van der Waals surface area contributed by atoms with Gasteiger partial charge in [-0.1, -0.05) is 50.1 Å². The van der Waals surface area contributed by atoms with E-state index in [-0.39, 0.29) is 24.3 Å². The fourth-order valence-electron chi connectivity index (χ4n) is 2.57. The second kappa shape index (κ2) is 6.55. The van der Waals surface area contributed by atoms with Crippen molar-refractivity contribution in [3.05, 3.63) is 35.9 Å². The van der Waals surface area contributed by atoms with Gasteiger partial charge in [0, 0.05) is 5.41 Å². The third-order valence-corrected chi connectivity index (χ3v) is 3.99. The monoisotopic (exact) mass is 275 g/mol. The number of amides is 1. The van der Waals surface area contributed by atoms with E-state index in [1.54, 1.807) is 0 Å². The lowest BCUT2D eigenvalue weighted by molar-refractivity contribution is -0.126. The Bertz CT molecular complexity index is 464. The van der Waals surface area contributed by atoms with Crippen molar-refractivity contribution < 1.29 is 14.3 Å². The van der Waals surface area contributed by atoms with Crippen LogP contribution in [-0.4, -0.2) is 18.4 Å². The van der Waals surface area contributed by atoms with E-state index in [0.717, 1.165) is 31.2 Å². The molecule has 0 unspecified atom stereocenters. The van der Waals surface area contributed by atoms with Gasteiger partial charge in [0.1, 0.15) is 6.61 Å². The topological polar surface area (TPSA) is 55.4 Å². The lowest BCUT2D eigenvalue weighted by Gasteiger charge is -2.21. The molecule has 0 saturated heterocycles. The number of nitrogens with one attached hydrogen (secondary N) is 1. The van der Waals surface area contributed by atoms with E-state index in [4.69, 9.17) is 4.74 Å². The molecule has 1 aliphatic carbocycles. The number of carbonyl (C=O) groups excluding carboxylic acids is 2. The Balaban J connectivity index is 1.71. The van der Waals surface area contributed by atoms with Gasteiger partial charge in [-0.15, -0.1) is 0 Å². The molecule has 0 atom stereocenters. The Hall–Kier alpha value is -1.84. The molecule has 1 N–H and O–H groups in total. The van der Waals surface area contributed by atoms with E-state index in [1.165, 1.54) is 0 Å². The average Bonchev–Trinajstić information content (AvgIpc) is 2.92. The smallest absolute Gasteiger partial charge is 0.407 e. The number of benzene rings is 1. The van der Waals surface area contributed by atoms with Crippen molar-refractivity contribution in [1.29, 1.82) is 0 Å². The number of ether oxygens (including phenoxy) is 1. The van der Waals surface area contributed by atoms with Crippen LogP contribution in [0.1, 0.15) is 38.2 Å². The molecular formula is C16H21NO3. The van der Waals surface area contributed by atoms with Gasteiger partial charge < -0.3 is 10.1 Å². The summed E-state index contributed by atoms with van der Waals surface area (Å²) in [6.07, 6.45) is 3.50. The molecule has 0 aromatic heterocycles. The van der Waals surface area contributed by atoms with Crippen molar-refractivity contribution in [2.45, 2.75) is 39.2 Å². The number of alkyl carbamates (subject to hydrolysis) is 1. The number of rotatable bonds is 5. The zero-order valence-electron chi connectivity index (χ0n) is 11.9. The Labute approximate surface area is 119 Å². The van der Waals surface area contributed by atoms with Crippen LogP contribution >= 0.6 is 0 Å². The predicted molar refractivity (Wildman–Crippen MR) is 76.2 cm³/mol. The fraction of sp³-hybridized carbons (Fsp3) is 0.500. The van der Waals surface area contributed by atoms with E-state index < -0.39 is 6.09 Å². The normalized spacial score (nSPS) is 16.6. The summed E-state index contributed by atoms with van der Waals surface area (Å²) in [7, 11) is 0. The van der Waals surface area contributed by atoms with Crippen LogP contribution < -0.4 is 5.32 Å². The van der Waals surface area contributed by atoms with Gasteiger partial charge in [-0.25, -0.2) is 4.79 Å². The molecule has 0 aliphatic heterocycles. The van der Waals surface area contributed by atoms with E-state index >= 15 is 0 Å². The molecule has 4 heteroatoms. The van der Waals surface area contributed by atoms with Gasteiger partial charge in [0.05, 0.1) is 6.54 Å². The minimum Gasteiger partial charge on any atom is -0.445 e. The zero-order chi connectivity index (χ0) is 14.4. The van der Waals surface area contributed by atoms with E-state index in [9.17, 15) is 9.59 Å². The van der Waals surface area contributed by atoms with Gasteiger partial charge in [0.15, 0.2) is 5.78 Å². The molecule has 1 aliphatic rings. The molecule has 0 spiro atoms. The summed E-state index contributed by atoms with van der Waals surface area (Å²) in [5, 5.41) is 2.54. The number of Topliss-reactive ketones (excluding diaryl/α,β-unsaturated/α-hetero) is 1. The summed E-state index contributed by atoms with van der Waals surface area (Å²) in [5.41, 5.74) is 0.670. The molecule has 1 amide bonds. The summed E-state index contributed by atoms with van der Waals surface area (Å²) in [4.78, 5) is 23.6. The molecule has 1 aromatic rings. The van der Waals surface area contributed by atoms with Crippen LogP contribution in [0.25, 0.3) is 0 Å². The molecular weight excluding hydrogens is 254 g/mol. The lowest BCUT2D eigenvalue weighted by Crippen LogP contribution is -2.37. The standard InChI is InChI=1S/C16H21NO3/c1-16(9-5-6-10-16)14(18)11-17-15(19)20-12-13-7-3-2-4-8-13/h2-4,7-8H,5-6,9-12H2,1H3,(H,17,19). The van der Waals surface area contributed by atoms with Crippen LogP contribution in [0.15, 0.2) is 30.3 Å². The summed E-state index contributed by atoms with van der Waals surface area (Å²) < 4.78 is 5.07.